The lowest BCUT2D eigenvalue weighted by molar-refractivity contribution is -0.140. The molecule has 0 unspecified atom stereocenters. The van der Waals surface area contributed by atoms with Crippen molar-refractivity contribution in [3.05, 3.63) is 137 Å². The number of likely N-dealkylation sites (tertiary alicyclic amines) is 1. The van der Waals surface area contributed by atoms with E-state index in [2.05, 4.69) is 15.5 Å². The Labute approximate surface area is 225 Å². The minimum Gasteiger partial charge on any atom is -0.278 e. The number of hydrogen-bond donors (Lipinski definition) is 1. The van der Waals surface area contributed by atoms with Gasteiger partial charge in [0.15, 0.2) is 0 Å². The van der Waals surface area contributed by atoms with Crippen LogP contribution < -0.4 is 5.43 Å². The summed E-state index contributed by atoms with van der Waals surface area (Å²) in [7, 11) is 0. The number of nitrogens with one attached hydrogen (secondary N) is 1. The topological polar surface area (TPSA) is 91.7 Å². The zero-order valence-corrected chi connectivity index (χ0v) is 20.9. The summed E-state index contributed by atoms with van der Waals surface area (Å²) in [5.41, 5.74) is 6.86. The smallest absolute Gasteiger partial charge is 0.271 e. The van der Waals surface area contributed by atoms with Gasteiger partial charge in [0, 0.05) is 30.1 Å². The average molecular weight is 513 g/mol. The van der Waals surface area contributed by atoms with Gasteiger partial charge in [-0.25, -0.2) is 5.43 Å². The highest BCUT2D eigenvalue weighted by Gasteiger charge is 2.67. The monoisotopic (exact) mass is 512 g/mol. The second-order valence-electron chi connectivity index (χ2n) is 10.2. The lowest BCUT2D eigenvalue weighted by Crippen LogP contribution is -2.54. The molecule has 0 radical (unpaired) electrons. The summed E-state index contributed by atoms with van der Waals surface area (Å²) in [6.07, 6.45) is 4.76. The number of imide groups is 1. The first-order valence-corrected chi connectivity index (χ1v) is 12.9. The molecule has 0 spiro atoms. The molecule has 3 aliphatic carbocycles. The van der Waals surface area contributed by atoms with Crippen molar-refractivity contribution in [3.63, 3.8) is 0 Å². The van der Waals surface area contributed by atoms with Crippen molar-refractivity contribution < 1.29 is 14.4 Å². The number of carbonyl (C=O) groups excluding carboxylic acids is 3. The summed E-state index contributed by atoms with van der Waals surface area (Å²) in [4.78, 5) is 46.5. The fraction of sp³-hybridized carbons (Fsp3) is 0.156. The Bertz CT molecular complexity index is 1600. The van der Waals surface area contributed by atoms with Gasteiger partial charge in [-0.05, 0) is 39.9 Å². The van der Waals surface area contributed by atoms with Crippen LogP contribution in [0.2, 0.25) is 0 Å². The molecule has 1 aliphatic heterocycles. The maximum Gasteiger partial charge on any atom is 0.271 e. The third-order valence-corrected chi connectivity index (χ3v) is 8.34. The number of amides is 3. The highest BCUT2D eigenvalue weighted by molar-refractivity contribution is 6.11. The summed E-state index contributed by atoms with van der Waals surface area (Å²) < 4.78 is 0. The van der Waals surface area contributed by atoms with Gasteiger partial charge in [0.1, 0.15) is 0 Å². The molecular formula is C32H24N4O3. The molecule has 190 valence electrons. The number of benzene rings is 3. The molecule has 3 aromatic carbocycles. The standard InChI is InChI=1S/C32H24N4O3/c37-29(21-14-16-33-17-15-21)35-34-19-32-24-12-6-4-10-22(24)26(23-11-5-7-13-25(23)32)27-28(32)31(39)36(30(27)38)18-20-8-2-1-3-9-20/h1-17,19,26-28H,18H2,(H,35,37)/b34-19-/t26?,27-,28-,32?/m1/s1. The SMILES string of the molecule is O=C(N/N=C\C12c3ccccc3C(c3ccccc31)[C@H]1C(=O)N(Cc3ccccc3)C(=O)[C@@H]12)c1ccncc1. The van der Waals surface area contributed by atoms with Crippen molar-refractivity contribution in [1.29, 1.82) is 0 Å². The van der Waals surface area contributed by atoms with E-state index in [1.165, 1.54) is 4.90 Å². The molecule has 1 saturated heterocycles. The molecule has 7 nitrogen and oxygen atoms in total. The zero-order chi connectivity index (χ0) is 26.6. The number of aromatic nitrogens is 1. The molecule has 2 heterocycles. The van der Waals surface area contributed by atoms with Crippen molar-refractivity contribution in [1.82, 2.24) is 15.3 Å². The molecule has 0 saturated carbocycles. The first-order chi connectivity index (χ1) is 19.1. The van der Waals surface area contributed by atoms with Crippen LogP contribution in [0.3, 0.4) is 0 Å². The molecule has 1 aromatic heterocycles. The van der Waals surface area contributed by atoms with Gasteiger partial charge < -0.3 is 0 Å². The molecule has 39 heavy (non-hydrogen) atoms. The van der Waals surface area contributed by atoms with Gasteiger partial charge in [0.25, 0.3) is 5.91 Å². The fourth-order valence-electron chi connectivity index (χ4n) is 6.79. The van der Waals surface area contributed by atoms with E-state index in [0.717, 1.165) is 27.8 Å². The van der Waals surface area contributed by atoms with E-state index in [1.54, 1.807) is 30.7 Å². The van der Waals surface area contributed by atoms with Gasteiger partial charge in [0.05, 0.1) is 23.8 Å². The second kappa shape index (κ2) is 8.84. The van der Waals surface area contributed by atoms with Crippen LogP contribution in [0.1, 0.15) is 44.1 Å². The van der Waals surface area contributed by atoms with Gasteiger partial charge in [-0.2, -0.15) is 5.10 Å². The van der Waals surface area contributed by atoms with Crippen LogP contribution >= 0.6 is 0 Å². The van der Waals surface area contributed by atoms with Gasteiger partial charge in [-0.15, -0.1) is 0 Å². The molecule has 3 amide bonds. The Morgan fingerprint density at radius 1 is 0.846 bits per heavy atom. The Morgan fingerprint density at radius 2 is 1.46 bits per heavy atom. The molecule has 2 atom stereocenters. The predicted octanol–water partition coefficient (Wildman–Crippen LogP) is 4.04. The van der Waals surface area contributed by atoms with Crippen molar-refractivity contribution in [2.75, 3.05) is 0 Å². The Balaban J connectivity index is 1.38. The van der Waals surface area contributed by atoms with Crippen LogP contribution in [0, 0.1) is 11.8 Å². The normalized spacial score (nSPS) is 24.4. The third kappa shape index (κ3) is 3.32. The van der Waals surface area contributed by atoms with Crippen LogP contribution in [0.15, 0.2) is 108 Å². The Morgan fingerprint density at radius 3 is 2.13 bits per heavy atom. The van der Waals surface area contributed by atoms with Gasteiger partial charge in [-0.3, -0.25) is 24.3 Å². The molecule has 8 rings (SSSR count). The van der Waals surface area contributed by atoms with Crippen molar-refractivity contribution in [2.24, 2.45) is 16.9 Å². The number of hydrazone groups is 1. The van der Waals surface area contributed by atoms with Crippen molar-refractivity contribution >= 4 is 23.9 Å². The lowest BCUT2D eigenvalue weighted by atomic mass is 9.47. The Kier molecular flexibility index (Phi) is 5.26. The van der Waals surface area contributed by atoms with Crippen LogP contribution in [0.5, 0.6) is 0 Å². The second-order valence-corrected chi connectivity index (χ2v) is 10.2. The average Bonchev–Trinajstić information content (AvgIpc) is 3.24. The first kappa shape index (κ1) is 23.2. The van der Waals surface area contributed by atoms with E-state index >= 15 is 0 Å². The molecule has 1 N–H and O–H groups in total. The van der Waals surface area contributed by atoms with Gasteiger partial charge in [-0.1, -0.05) is 78.9 Å². The molecule has 1 fully saturated rings. The van der Waals surface area contributed by atoms with Crippen LogP contribution in [-0.2, 0) is 21.5 Å². The fourth-order valence-corrected chi connectivity index (χ4v) is 6.79. The highest BCUT2D eigenvalue weighted by atomic mass is 16.2. The maximum absolute atomic E-state index is 14.2. The van der Waals surface area contributed by atoms with Crippen molar-refractivity contribution in [3.8, 4) is 0 Å². The molecule has 2 bridgehead atoms. The van der Waals surface area contributed by atoms with Gasteiger partial charge >= 0.3 is 0 Å². The molecule has 4 aliphatic rings. The van der Waals surface area contributed by atoms with E-state index in [0.29, 0.717) is 5.56 Å². The zero-order valence-electron chi connectivity index (χ0n) is 20.9. The van der Waals surface area contributed by atoms with Crippen LogP contribution in [-0.4, -0.2) is 33.8 Å². The largest absolute Gasteiger partial charge is 0.278 e. The number of rotatable bonds is 5. The van der Waals surface area contributed by atoms with Crippen LogP contribution in [0.25, 0.3) is 0 Å². The van der Waals surface area contributed by atoms with E-state index in [1.807, 2.05) is 78.9 Å². The quantitative estimate of drug-likeness (QED) is 0.248. The van der Waals surface area contributed by atoms with E-state index in [9.17, 15) is 14.4 Å². The molecular weight excluding hydrogens is 488 g/mol. The highest BCUT2D eigenvalue weighted by Crippen LogP contribution is 2.63. The van der Waals surface area contributed by atoms with Gasteiger partial charge in [0.2, 0.25) is 11.8 Å². The van der Waals surface area contributed by atoms with E-state index < -0.39 is 17.3 Å². The van der Waals surface area contributed by atoms with E-state index in [4.69, 9.17) is 0 Å². The number of pyridine rings is 1. The summed E-state index contributed by atoms with van der Waals surface area (Å²) in [5.74, 6) is -2.23. The minimum absolute atomic E-state index is 0.165. The Hall–Kier alpha value is -4.91. The minimum atomic E-state index is -1.02. The first-order valence-electron chi connectivity index (χ1n) is 12.9. The third-order valence-electron chi connectivity index (χ3n) is 8.34. The molecule has 4 aromatic rings. The summed E-state index contributed by atoms with van der Waals surface area (Å²) in [5, 5.41) is 4.44. The van der Waals surface area contributed by atoms with Crippen molar-refractivity contribution in [2.45, 2.75) is 17.9 Å². The maximum atomic E-state index is 14.2. The van der Waals surface area contributed by atoms with E-state index in [-0.39, 0.29) is 30.2 Å². The number of nitrogens with zero attached hydrogens (tertiary/aromatic N) is 3. The summed E-state index contributed by atoms with van der Waals surface area (Å²) in [6.45, 7) is 0.219. The summed E-state index contributed by atoms with van der Waals surface area (Å²) in [6, 6.07) is 28.7. The molecule has 7 heteroatoms. The lowest BCUT2D eigenvalue weighted by Gasteiger charge is -2.52. The number of hydrogen-bond acceptors (Lipinski definition) is 5. The summed E-state index contributed by atoms with van der Waals surface area (Å²) >= 11 is 0. The van der Waals surface area contributed by atoms with Crippen LogP contribution in [0.4, 0.5) is 0 Å². The number of carbonyl (C=O) groups is 3. The predicted molar refractivity (Wildman–Crippen MR) is 145 cm³/mol.